The van der Waals surface area contributed by atoms with Crippen LogP contribution < -0.4 is 10.6 Å². The molecule has 1 heterocycles. The maximum atomic E-state index is 9.13. The summed E-state index contributed by atoms with van der Waals surface area (Å²) in [4.78, 5) is 2.61. The molecular weight excluding hydrogens is 268 g/mol. The van der Waals surface area contributed by atoms with E-state index in [4.69, 9.17) is 34.7 Å². The first-order chi connectivity index (χ1) is 8.61. The molecule has 0 bridgehead atoms. The molecule has 0 atom stereocenters. The lowest BCUT2D eigenvalue weighted by atomic mass is 9.97. The molecule has 18 heavy (non-hydrogen) atoms. The SMILES string of the molecule is NC(=S)c1ccc(N2CCC(CO)CC2)c(Cl)c1. The highest BCUT2D eigenvalue weighted by atomic mass is 35.5. The average molecular weight is 285 g/mol. The molecule has 1 fully saturated rings. The van der Waals surface area contributed by atoms with Crippen molar-refractivity contribution in [2.45, 2.75) is 12.8 Å². The molecule has 0 amide bonds. The van der Waals surface area contributed by atoms with E-state index in [1.807, 2.05) is 18.2 Å². The Hall–Kier alpha value is -0.840. The van der Waals surface area contributed by atoms with Gasteiger partial charge in [0.05, 0.1) is 10.7 Å². The van der Waals surface area contributed by atoms with Crippen molar-refractivity contribution in [3.8, 4) is 0 Å². The van der Waals surface area contributed by atoms with Crippen LogP contribution in [0, 0.1) is 5.92 Å². The number of nitrogens with zero attached hydrogens (tertiary/aromatic N) is 1. The molecule has 1 aliphatic rings. The lowest BCUT2D eigenvalue weighted by molar-refractivity contribution is 0.203. The van der Waals surface area contributed by atoms with Crippen LogP contribution in [0.3, 0.4) is 0 Å². The number of halogens is 1. The molecule has 5 heteroatoms. The smallest absolute Gasteiger partial charge is 0.104 e. The van der Waals surface area contributed by atoms with Crippen molar-refractivity contribution in [2.24, 2.45) is 11.7 Å². The lowest BCUT2D eigenvalue weighted by Gasteiger charge is -2.33. The molecule has 1 aliphatic heterocycles. The van der Waals surface area contributed by atoms with Gasteiger partial charge in [0.1, 0.15) is 4.99 Å². The molecule has 1 saturated heterocycles. The number of hydrogen-bond acceptors (Lipinski definition) is 3. The highest BCUT2D eigenvalue weighted by molar-refractivity contribution is 7.80. The van der Waals surface area contributed by atoms with Gasteiger partial charge in [0, 0.05) is 25.3 Å². The van der Waals surface area contributed by atoms with E-state index in [2.05, 4.69) is 4.90 Å². The Morgan fingerprint density at radius 2 is 2.11 bits per heavy atom. The Bertz CT molecular complexity index is 445. The number of anilines is 1. The second kappa shape index (κ2) is 5.87. The van der Waals surface area contributed by atoms with Crippen LogP contribution in [-0.2, 0) is 0 Å². The summed E-state index contributed by atoms with van der Waals surface area (Å²) in [7, 11) is 0. The largest absolute Gasteiger partial charge is 0.396 e. The van der Waals surface area contributed by atoms with Crippen molar-refractivity contribution in [1.29, 1.82) is 0 Å². The van der Waals surface area contributed by atoms with Gasteiger partial charge in [-0.05, 0) is 37.0 Å². The van der Waals surface area contributed by atoms with Gasteiger partial charge in [-0.25, -0.2) is 0 Å². The Morgan fingerprint density at radius 3 is 2.61 bits per heavy atom. The van der Waals surface area contributed by atoms with Crippen molar-refractivity contribution in [2.75, 3.05) is 24.6 Å². The number of hydrogen-bond donors (Lipinski definition) is 2. The third-order valence-corrected chi connectivity index (χ3v) is 3.98. The standard InChI is InChI=1S/C13H17ClN2OS/c14-11-7-10(13(15)18)1-2-12(11)16-5-3-9(8-17)4-6-16/h1-2,7,9,17H,3-6,8H2,(H2,15,18). The first-order valence-corrected chi connectivity index (χ1v) is 6.85. The monoisotopic (exact) mass is 284 g/mol. The molecule has 0 unspecified atom stereocenters. The normalized spacial score (nSPS) is 16.9. The van der Waals surface area contributed by atoms with Crippen molar-refractivity contribution in [3.05, 3.63) is 28.8 Å². The van der Waals surface area contributed by atoms with Crippen molar-refractivity contribution in [3.63, 3.8) is 0 Å². The summed E-state index contributed by atoms with van der Waals surface area (Å²) < 4.78 is 0. The van der Waals surface area contributed by atoms with E-state index in [0.29, 0.717) is 15.9 Å². The molecule has 2 rings (SSSR count). The average Bonchev–Trinajstić information content (AvgIpc) is 2.38. The van der Waals surface area contributed by atoms with Crippen molar-refractivity contribution in [1.82, 2.24) is 0 Å². The Balaban J connectivity index is 2.12. The second-order valence-electron chi connectivity index (χ2n) is 4.64. The number of benzene rings is 1. The minimum atomic E-state index is 0.280. The van der Waals surface area contributed by atoms with Gasteiger partial charge in [-0.2, -0.15) is 0 Å². The third-order valence-electron chi connectivity index (χ3n) is 3.45. The minimum absolute atomic E-state index is 0.280. The summed E-state index contributed by atoms with van der Waals surface area (Å²) in [6.45, 7) is 2.14. The van der Waals surface area contributed by atoms with Crippen LogP contribution in [0.15, 0.2) is 18.2 Å². The van der Waals surface area contributed by atoms with Gasteiger partial charge in [-0.3, -0.25) is 0 Å². The van der Waals surface area contributed by atoms with Gasteiger partial charge in [0.15, 0.2) is 0 Å². The van der Waals surface area contributed by atoms with E-state index in [-0.39, 0.29) is 6.61 Å². The summed E-state index contributed by atoms with van der Waals surface area (Å²) in [5, 5.41) is 9.81. The topological polar surface area (TPSA) is 49.5 Å². The van der Waals surface area contributed by atoms with Gasteiger partial charge in [0.25, 0.3) is 0 Å². The van der Waals surface area contributed by atoms with E-state index in [1.54, 1.807) is 0 Å². The first-order valence-electron chi connectivity index (χ1n) is 6.07. The summed E-state index contributed by atoms with van der Waals surface area (Å²) in [6.07, 6.45) is 2.01. The Labute approximate surface area is 118 Å². The quantitative estimate of drug-likeness (QED) is 0.836. The maximum Gasteiger partial charge on any atom is 0.104 e. The highest BCUT2D eigenvalue weighted by Crippen LogP contribution is 2.30. The first kappa shape index (κ1) is 13.6. The lowest BCUT2D eigenvalue weighted by Crippen LogP contribution is -2.34. The fourth-order valence-electron chi connectivity index (χ4n) is 2.27. The summed E-state index contributed by atoms with van der Waals surface area (Å²) in [5.41, 5.74) is 7.40. The zero-order valence-electron chi connectivity index (χ0n) is 10.1. The summed E-state index contributed by atoms with van der Waals surface area (Å²) >= 11 is 11.2. The second-order valence-corrected chi connectivity index (χ2v) is 5.49. The predicted molar refractivity (Wildman–Crippen MR) is 79.4 cm³/mol. The Kier molecular flexibility index (Phi) is 4.43. The summed E-state index contributed by atoms with van der Waals surface area (Å²) in [5.74, 6) is 0.427. The molecule has 0 saturated carbocycles. The van der Waals surface area contributed by atoms with E-state index < -0.39 is 0 Å². The number of nitrogens with two attached hydrogens (primary N) is 1. The third kappa shape index (κ3) is 2.94. The predicted octanol–water partition coefficient (Wildman–Crippen LogP) is 2.18. The van der Waals surface area contributed by atoms with Crippen LogP contribution in [0.4, 0.5) is 5.69 Å². The number of rotatable bonds is 3. The molecule has 98 valence electrons. The van der Waals surface area contributed by atoms with Crippen LogP contribution in [-0.4, -0.2) is 29.8 Å². The van der Waals surface area contributed by atoms with Crippen molar-refractivity contribution >= 4 is 34.5 Å². The molecule has 3 nitrogen and oxygen atoms in total. The molecule has 0 aromatic heterocycles. The van der Waals surface area contributed by atoms with Crippen molar-refractivity contribution < 1.29 is 5.11 Å². The van der Waals surface area contributed by atoms with E-state index in [0.717, 1.165) is 37.2 Å². The number of aliphatic hydroxyl groups excluding tert-OH is 1. The zero-order valence-corrected chi connectivity index (χ0v) is 11.7. The van der Waals surface area contributed by atoms with Crippen LogP contribution in [0.2, 0.25) is 5.02 Å². The number of aliphatic hydroxyl groups is 1. The van der Waals surface area contributed by atoms with E-state index in [9.17, 15) is 0 Å². The van der Waals surface area contributed by atoms with E-state index >= 15 is 0 Å². The van der Waals surface area contributed by atoms with E-state index in [1.165, 1.54) is 0 Å². The molecule has 0 aliphatic carbocycles. The zero-order chi connectivity index (χ0) is 13.1. The maximum absolute atomic E-state index is 9.13. The molecule has 1 aromatic rings. The van der Waals surface area contributed by atoms with Crippen LogP contribution in [0.1, 0.15) is 18.4 Å². The molecule has 3 N–H and O–H groups in total. The highest BCUT2D eigenvalue weighted by Gasteiger charge is 2.20. The molecular formula is C13H17ClN2OS. The molecule has 0 spiro atoms. The fourth-order valence-corrected chi connectivity index (χ4v) is 2.70. The summed E-state index contributed by atoms with van der Waals surface area (Å²) in [6, 6.07) is 5.69. The van der Waals surface area contributed by atoms with Gasteiger partial charge in [-0.15, -0.1) is 0 Å². The molecule has 0 radical (unpaired) electrons. The number of thiocarbonyl (C=S) groups is 1. The van der Waals surface area contributed by atoms with Crippen LogP contribution in [0.25, 0.3) is 0 Å². The molecule has 1 aromatic carbocycles. The van der Waals surface area contributed by atoms with Gasteiger partial charge in [0.2, 0.25) is 0 Å². The van der Waals surface area contributed by atoms with Gasteiger partial charge >= 0.3 is 0 Å². The van der Waals surface area contributed by atoms with Gasteiger partial charge in [-0.1, -0.05) is 23.8 Å². The Morgan fingerprint density at radius 1 is 1.44 bits per heavy atom. The minimum Gasteiger partial charge on any atom is -0.396 e. The number of piperidine rings is 1. The fraction of sp³-hybridized carbons (Fsp3) is 0.462. The van der Waals surface area contributed by atoms with Crippen LogP contribution in [0.5, 0.6) is 0 Å². The van der Waals surface area contributed by atoms with Crippen LogP contribution >= 0.6 is 23.8 Å². The van der Waals surface area contributed by atoms with Gasteiger partial charge < -0.3 is 15.7 Å².